The van der Waals surface area contributed by atoms with E-state index in [1.807, 2.05) is 69.3 Å². The molecule has 8 heteroatoms. The quantitative estimate of drug-likeness (QED) is 0.542. The molecule has 7 nitrogen and oxygen atoms in total. The third-order valence-electron chi connectivity index (χ3n) is 5.61. The van der Waals surface area contributed by atoms with Crippen molar-refractivity contribution in [2.24, 2.45) is 0 Å². The van der Waals surface area contributed by atoms with E-state index in [4.69, 9.17) is 0 Å². The first-order valence-corrected chi connectivity index (χ1v) is 13.0. The Labute approximate surface area is 197 Å². The molecule has 0 fully saturated rings. The van der Waals surface area contributed by atoms with Crippen LogP contribution in [0.3, 0.4) is 0 Å². The molecule has 2 amide bonds. The summed E-state index contributed by atoms with van der Waals surface area (Å²) in [4.78, 5) is 27.3. The average molecular weight is 474 g/mol. The van der Waals surface area contributed by atoms with Crippen molar-refractivity contribution in [3.05, 3.63) is 65.2 Å². The molecule has 1 N–H and O–H groups in total. The predicted molar refractivity (Wildman–Crippen MR) is 132 cm³/mol. The highest BCUT2D eigenvalue weighted by Gasteiger charge is 2.28. The molecule has 0 spiro atoms. The first-order chi connectivity index (χ1) is 15.6. The Kier molecular flexibility index (Phi) is 9.46. The van der Waals surface area contributed by atoms with E-state index in [0.29, 0.717) is 25.1 Å². The Balaban J connectivity index is 2.20. The number of sulfonamides is 1. The lowest BCUT2D eigenvalue weighted by Gasteiger charge is -2.31. The summed E-state index contributed by atoms with van der Waals surface area (Å²) in [6.45, 7) is 6.16. The van der Waals surface area contributed by atoms with E-state index < -0.39 is 16.1 Å². The van der Waals surface area contributed by atoms with Crippen molar-refractivity contribution in [3.63, 3.8) is 0 Å². The molecule has 0 radical (unpaired) electrons. The van der Waals surface area contributed by atoms with Crippen molar-refractivity contribution in [2.75, 3.05) is 24.2 Å². The molecule has 0 aliphatic rings. The minimum absolute atomic E-state index is 0.136. The Morgan fingerprint density at radius 2 is 1.73 bits per heavy atom. The van der Waals surface area contributed by atoms with Gasteiger partial charge in [0.15, 0.2) is 0 Å². The van der Waals surface area contributed by atoms with Gasteiger partial charge in [0.1, 0.15) is 6.04 Å². The zero-order valence-corrected chi connectivity index (χ0v) is 21.0. The average Bonchev–Trinajstić information content (AvgIpc) is 2.78. The molecule has 2 aromatic rings. The summed E-state index contributed by atoms with van der Waals surface area (Å²) in [7, 11) is -1.96. The molecule has 2 aromatic carbocycles. The number of rotatable bonds is 11. The molecule has 180 valence electrons. The fourth-order valence-corrected chi connectivity index (χ4v) is 4.85. The van der Waals surface area contributed by atoms with Gasteiger partial charge in [-0.2, -0.15) is 0 Å². The van der Waals surface area contributed by atoms with E-state index in [2.05, 4.69) is 5.32 Å². The molecule has 1 unspecified atom stereocenters. The van der Waals surface area contributed by atoms with Gasteiger partial charge in [-0.25, -0.2) is 8.42 Å². The number of carbonyl (C=O) groups excluding carboxylic acids is 2. The van der Waals surface area contributed by atoms with Gasteiger partial charge >= 0.3 is 0 Å². The summed E-state index contributed by atoms with van der Waals surface area (Å²) in [5.74, 6) is -0.390. The van der Waals surface area contributed by atoms with Crippen molar-refractivity contribution in [1.82, 2.24) is 10.2 Å². The van der Waals surface area contributed by atoms with Crippen molar-refractivity contribution in [1.29, 1.82) is 0 Å². The minimum atomic E-state index is -3.52. The molecule has 0 saturated carbocycles. The molecule has 0 saturated heterocycles. The molecular formula is C25H35N3O4S. The number of carbonyl (C=O) groups is 2. The number of amides is 2. The van der Waals surface area contributed by atoms with Crippen molar-refractivity contribution in [3.8, 4) is 0 Å². The van der Waals surface area contributed by atoms with Crippen LogP contribution in [0, 0.1) is 13.8 Å². The van der Waals surface area contributed by atoms with Gasteiger partial charge in [-0.15, -0.1) is 0 Å². The molecule has 1 atom stereocenters. The van der Waals surface area contributed by atoms with Crippen LogP contribution in [0.1, 0.15) is 42.9 Å². The lowest BCUT2D eigenvalue weighted by Crippen LogP contribution is -2.48. The van der Waals surface area contributed by atoms with Crippen LogP contribution in [0.4, 0.5) is 5.69 Å². The molecule has 0 heterocycles. The maximum absolute atomic E-state index is 13.2. The van der Waals surface area contributed by atoms with Crippen molar-refractivity contribution in [2.45, 2.75) is 52.6 Å². The summed E-state index contributed by atoms with van der Waals surface area (Å²) < 4.78 is 26.4. The lowest BCUT2D eigenvalue weighted by molar-refractivity contribution is -0.141. The normalized spacial score (nSPS) is 12.2. The minimum Gasteiger partial charge on any atom is -0.357 e. The fraction of sp³-hybridized carbons (Fsp3) is 0.440. The number of benzene rings is 2. The molecular weight excluding hydrogens is 438 g/mol. The number of likely N-dealkylation sites (N-methyl/N-ethyl adjacent to an activating group) is 1. The van der Waals surface area contributed by atoms with Crippen molar-refractivity contribution < 1.29 is 18.0 Å². The summed E-state index contributed by atoms with van der Waals surface area (Å²) >= 11 is 0. The summed E-state index contributed by atoms with van der Waals surface area (Å²) in [5.41, 5.74) is 3.38. The third-order valence-corrected chi connectivity index (χ3v) is 6.79. The SMILES string of the molecule is CCC(C(=O)NC)N(Cc1ccccc1)C(=O)CCCN(c1cc(C)ccc1C)S(C)(=O)=O. The number of hydrogen-bond acceptors (Lipinski definition) is 4. The molecule has 0 bridgehead atoms. The van der Waals surface area contributed by atoms with Crippen LogP contribution >= 0.6 is 0 Å². The number of nitrogens with one attached hydrogen (secondary N) is 1. The highest BCUT2D eigenvalue weighted by Crippen LogP contribution is 2.24. The zero-order chi connectivity index (χ0) is 24.6. The van der Waals surface area contributed by atoms with E-state index in [9.17, 15) is 18.0 Å². The first kappa shape index (κ1) is 26.4. The first-order valence-electron chi connectivity index (χ1n) is 11.2. The van der Waals surface area contributed by atoms with E-state index in [0.717, 1.165) is 16.7 Å². The molecule has 33 heavy (non-hydrogen) atoms. The van der Waals surface area contributed by atoms with Crippen LogP contribution in [-0.4, -0.2) is 51.0 Å². The largest absolute Gasteiger partial charge is 0.357 e. The zero-order valence-electron chi connectivity index (χ0n) is 20.2. The second-order valence-corrected chi connectivity index (χ2v) is 10.2. The smallest absolute Gasteiger partial charge is 0.242 e. The number of aryl methyl sites for hydroxylation is 2. The fourth-order valence-electron chi connectivity index (χ4n) is 3.84. The number of hydrogen-bond donors (Lipinski definition) is 1. The standard InChI is InChI=1S/C25H35N3O4S/c1-6-22(25(30)26-4)27(18-21-11-8-7-9-12-21)24(29)13-10-16-28(33(5,31)32)23-17-19(2)14-15-20(23)3/h7-9,11-12,14-15,17,22H,6,10,13,16,18H2,1-5H3,(H,26,30). The van der Waals surface area contributed by atoms with Crippen LogP contribution in [0.5, 0.6) is 0 Å². The third kappa shape index (κ3) is 7.32. The van der Waals surface area contributed by atoms with Gasteiger partial charge in [0, 0.05) is 26.6 Å². The highest BCUT2D eigenvalue weighted by atomic mass is 32.2. The van der Waals surface area contributed by atoms with Crippen LogP contribution in [0.15, 0.2) is 48.5 Å². The highest BCUT2D eigenvalue weighted by molar-refractivity contribution is 7.92. The van der Waals surface area contributed by atoms with E-state index in [-0.39, 0.29) is 24.8 Å². The Bertz CT molecular complexity index is 1050. The molecule has 0 aromatic heterocycles. The molecule has 2 rings (SSSR count). The summed E-state index contributed by atoms with van der Waals surface area (Å²) in [6.07, 6.45) is 2.14. The van der Waals surface area contributed by atoms with Crippen LogP contribution < -0.4 is 9.62 Å². The Morgan fingerprint density at radius 1 is 1.06 bits per heavy atom. The predicted octanol–water partition coefficient (Wildman–Crippen LogP) is 3.40. The van der Waals surface area contributed by atoms with Gasteiger partial charge in [-0.3, -0.25) is 13.9 Å². The lowest BCUT2D eigenvalue weighted by atomic mass is 10.1. The van der Waals surface area contributed by atoms with Crippen LogP contribution in [0.25, 0.3) is 0 Å². The molecule has 0 aliphatic carbocycles. The molecule has 0 aliphatic heterocycles. The van der Waals surface area contributed by atoms with Gasteiger partial charge in [0.2, 0.25) is 21.8 Å². The van der Waals surface area contributed by atoms with Gasteiger partial charge in [0.05, 0.1) is 11.9 Å². The second kappa shape index (κ2) is 11.8. The van der Waals surface area contributed by atoms with Crippen molar-refractivity contribution >= 4 is 27.5 Å². The van der Waals surface area contributed by atoms with Gasteiger partial charge in [0.25, 0.3) is 0 Å². The second-order valence-electron chi connectivity index (χ2n) is 8.27. The van der Waals surface area contributed by atoms with Gasteiger partial charge < -0.3 is 10.2 Å². The number of nitrogens with zero attached hydrogens (tertiary/aromatic N) is 2. The van der Waals surface area contributed by atoms with E-state index >= 15 is 0 Å². The van der Waals surface area contributed by atoms with E-state index in [1.54, 1.807) is 11.9 Å². The van der Waals surface area contributed by atoms with Crippen LogP contribution in [0.2, 0.25) is 0 Å². The monoisotopic (exact) mass is 473 g/mol. The topological polar surface area (TPSA) is 86.8 Å². The van der Waals surface area contributed by atoms with Gasteiger partial charge in [-0.1, -0.05) is 49.4 Å². The Morgan fingerprint density at radius 3 is 2.30 bits per heavy atom. The maximum atomic E-state index is 13.2. The number of anilines is 1. The summed E-state index contributed by atoms with van der Waals surface area (Å²) in [5, 5.41) is 2.64. The summed E-state index contributed by atoms with van der Waals surface area (Å²) in [6, 6.07) is 14.6. The van der Waals surface area contributed by atoms with E-state index in [1.165, 1.54) is 10.6 Å². The Hall–Kier alpha value is -2.87. The maximum Gasteiger partial charge on any atom is 0.242 e. The van der Waals surface area contributed by atoms with Gasteiger partial charge in [-0.05, 0) is 49.4 Å². The van der Waals surface area contributed by atoms with Crippen LogP contribution in [-0.2, 0) is 26.2 Å².